The third-order valence-electron chi connectivity index (χ3n) is 16.3. The van der Waals surface area contributed by atoms with Gasteiger partial charge in [-0.1, -0.05) is 52.0 Å². The molecule has 4 aromatic rings. The van der Waals surface area contributed by atoms with Crippen molar-refractivity contribution in [3.63, 3.8) is 0 Å². The van der Waals surface area contributed by atoms with Crippen molar-refractivity contribution < 1.29 is 49.0 Å². The predicted molar refractivity (Wildman–Crippen MR) is 273 cm³/mol. The molecular weight excluding hydrogens is 881 g/mol. The van der Waals surface area contributed by atoms with Crippen LogP contribution in [0.2, 0.25) is 0 Å². The highest BCUT2D eigenvalue weighted by Crippen LogP contribution is 2.57. The number of hydrogen-bond donors (Lipinski definition) is 4. The van der Waals surface area contributed by atoms with Crippen LogP contribution in [0.3, 0.4) is 0 Å². The number of benzene rings is 4. The zero-order valence-electron chi connectivity index (χ0n) is 41.9. The van der Waals surface area contributed by atoms with Gasteiger partial charge in [-0.15, -0.1) is 0 Å². The number of aromatic carboxylic acids is 1. The lowest BCUT2D eigenvalue weighted by Crippen LogP contribution is -2.31. The van der Waals surface area contributed by atoms with E-state index in [0.717, 1.165) is 84.2 Å². The number of hydrogen-bond acceptors (Lipinski definition) is 9. The van der Waals surface area contributed by atoms with Crippen LogP contribution in [0.15, 0.2) is 130 Å². The molecule has 0 spiro atoms. The highest BCUT2D eigenvalue weighted by atomic mass is 17.1. The molecule has 4 aliphatic heterocycles. The van der Waals surface area contributed by atoms with E-state index in [4.69, 9.17) is 5.26 Å². The molecule has 6 aliphatic rings. The summed E-state index contributed by atoms with van der Waals surface area (Å²) in [5, 5.41) is 44.1. The van der Waals surface area contributed by atoms with Crippen molar-refractivity contribution >= 4 is 62.5 Å². The van der Waals surface area contributed by atoms with Crippen LogP contribution in [0.1, 0.15) is 107 Å². The Labute approximate surface area is 408 Å². The maximum atomic E-state index is 14.1. The van der Waals surface area contributed by atoms with E-state index in [-0.39, 0.29) is 57.5 Å². The average molecular weight is 941 g/mol. The molecule has 4 N–H and O–H groups in total. The number of ketones is 2. The molecule has 358 valence electrons. The summed E-state index contributed by atoms with van der Waals surface area (Å²) in [7, 11) is 3.84. The van der Waals surface area contributed by atoms with Gasteiger partial charge in [0.2, 0.25) is 22.9 Å². The Balaban J connectivity index is 0.992. The minimum Gasteiger partial charge on any atom is -0.506 e. The van der Waals surface area contributed by atoms with E-state index in [1.807, 2.05) is 67.4 Å². The first-order valence-electron chi connectivity index (χ1n) is 23.9. The van der Waals surface area contributed by atoms with Crippen molar-refractivity contribution in [1.29, 1.82) is 0 Å². The van der Waals surface area contributed by atoms with Gasteiger partial charge in [0.25, 0.3) is 0 Å². The number of aliphatic hydroxyl groups is 2. The Bertz CT molecular complexity index is 3420. The van der Waals surface area contributed by atoms with Gasteiger partial charge in [0.05, 0.1) is 50.1 Å². The van der Waals surface area contributed by atoms with Crippen molar-refractivity contribution in [2.45, 2.75) is 97.5 Å². The molecule has 0 bridgehead atoms. The number of aliphatic hydroxyl groups excluding tert-OH is 2. The van der Waals surface area contributed by atoms with Crippen LogP contribution < -0.4 is 9.80 Å². The Morgan fingerprint density at radius 1 is 0.600 bits per heavy atom. The minimum absolute atomic E-state index is 0.0334. The molecule has 12 nitrogen and oxygen atoms in total. The second-order valence-electron chi connectivity index (χ2n) is 21.4. The number of carbonyl (C=O) groups excluding carboxylic acids is 2. The molecule has 0 unspecified atom stereocenters. The quantitative estimate of drug-likeness (QED) is 0.0552. The van der Waals surface area contributed by atoms with Gasteiger partial charge in [-0.05, 0) is 94.7 Å². The number of carboxylic acid groups (broad SMARTS) is 1. The number of allylic oxidation sites excluding steroid dienone is 10. The number of carboxylic acids is 1. The van der Waals surface area contributed by atoms with Gasteiger partial charge < -0.3 is 25.1 Å². The molecule has 0 aromatic heterocycles. The summed E-state index contributed by atoms with van der Waals surface area (Å²) in [6, 6.07) is 19.6. The van der Waals surface area contributed by atoms with Crippen LogP contribution >= 0.6 is 0 Å². The van der Waals surface area contributed by atoms with Crippen molar-refractivity contribution in [2.75, 3.05) is 37.0 Å². The number of likely N-dealkylation sites (N-methyl/N-ethyl adjacent to an activating group) is 2. The Morgan fingerprint density at radius 3 is 1.43 bits per heavy atom. The van der Waals surface area contributed by atoms with Gasteiger partial charge in [-0.3, -0.25) is 14.8 Å². The van der Waals surface area contributed by atoms with Crippen molar-refractivity contribution in [3.8, 4) is 0 Å². The first-order valence-corrected chi connectivity index (χ1v) is 23.9. The zero-order chi connectivity index (χ0) is 50.5. The third kappa shape index (κ3) is 6.18. The molecule has 10 rings (SSSR count). The van der Waals surface area contributed by atoms with Gasteiger partial charge in [-0.25, -0.2) is 9.68 Å². The highest BCUT2D eigenvalue weighted by molar-refractivity contribution is 6.25. The van der Waals surface area contributed by atoms with E-state index in [1.165, 1.54) is 0 Å². The highest BCUT2D eigenvalue weighted by Gasteiger charge is 2.50. The Kier molecular flexibility index (Phi) is 10.3. The summed E-state index contributed by atoms with van der Waals surface area (Å²) in [6.45, 7) is 22.2. The van der Waals surface area contributed by atoms with Gasteiger partial charge in [0.15, 0.2) is 11.4 Å². The standard InChI is InChI=1S/C58H58N4O8/c1-13-61-46(27-36-50(63)34(51(36)64)25-44-57(7,8)40-23-30(29-70-69)15-21-42(40)59(44)11)55(3,4)38-19-17-33-32(48(38)61)18-20-39-49(33)62(14-2)47(56(39,5)6)28-37-52(65)35(53(37)66)26-45-58(9,10)41-24-31(54(67)68)16-22-43(41)60(45)12/h15-28H,13-14,29H2,1-12H3,(H2-2,63,64,65,66,67,68,69)/p+2. The number of anilines is 2. The van der Waals surface area contributed by atoms with Gasteiger partial charge in [0, 0.05) is 81.5 Å². The van der Waals surface area contributed by atoms with Gasteiger partial charge >= 0.3 is 5.97 Å². The molecule has 4 heterocycles. The maximum Gasteiger partial charge on any atom is 0.335 e. The fourth-order valence-corrected chi connectivity index (χ4v) is 12.2. The second kappa shape index (κ2) is 15.4. The summed E-state index contributed by atoms with van der Waals surface area (Å²) in [5.74, 6) is -1.59. The van der Waals surface area contributed by atoms with Crippen LogP contribution in [0, 0.1) is 0 Å². The van der Waals surface area contributed by atoms with Crippen molar-refractivity contribution in [1.82, 2.24) is 0 Å². The molecule has 0 saturated carbocycles. The van der Waals surface area contributed by atoms with E-state index >= 15 is 0 Å². The number of rotatable bonds is 9. The number of fused-ring (bicyclic) bond motifs is 7. The molecule has 0 saturated heterocycles. The van der Waals surface area contributed by atoms with Gasteiger partial charge in [-0.2, -0.15) is 9.15 Å². The second-order valence-corrected chi connectivity index (χ2v) is 21.4. The normalized spacial score (nSPS) is 22.6. The first kappa shape index (κ1) is 46.6. The van der Waals surface area contributed by atoms with Crippen LogP contribution in [0.5, 0.6) is 0 Å². The smallest absolute Gasteiger partial charge is 0.335 e. The molecule has 0 radical (unpaired) electrons. The van der Waals surface area contributed by atoms with E-state index < -0.39 is 27.6 Å². The van der Waals surface area contributed by atoms with Crippen LogP contribution in [-0.2, 0) is 42.7 Å². The SMILES string of the molecule is CCN1C(=CC2=C(O)C(=CC3=[N+](C)c4ccc(COO)cc4C3(C)C)C2=O)C(C)(C)c2ccc3c4c(ccc3c21)C(C)(C)C(=CC1=C(O)C(=CC2=[N+](C)c3ccc(C(=O)O)cc3C2(C)C)C1=O)N4CC. The summed E-state index contributed by atoms with van der Waals surface area (Å²) < 4.78 is 3.99. The monoisotopic (exact) mass is 940 g/mol. The maximum absolute atomic E-state index is 14.1. The van der Waals surface area contributed by atoms with Crippen LogP contribution in [-0.4, -0.2) is 85.9 Å². The molecule has 0 atom stereocenters. The fraction of sp³-hybridized carbons (Fsp3) is 0.328. The van der Waals surface area contributed by atoms with Crippen LogP contribution in [0.4, 0.5) is 22.7 Å². The van der Waals surface area contributed by atoms with Gasteiger partial charge in [0.1, 0.15) is 32.2 Å². The first-order chi connectivity index (χ1) is 32.9. The summed E-state index contributed by atoms with van der Waals surface area (Å²) in [4.78, 5) is 48.9. The van der Waals surface area contributed by atoms with Crippen molar-refractivity contribution in [2.24, 2.45) is 0 Å². The number of Topliss-reactive ketones (excluding diaryl/α,β-unsaturated/α-hetero) is 2. The molecular formula is C58H60N4O8+2. The van der Waals surface area contributed by atoms with E-state index in [0.29, 0.717) is 13.1 Å². The lowest BCUT2D eigenvalue weighted by atomic mass is 9.77. The Morgan fingerprint density at radius 2 is 1.03 bits per heavy atom. The topological polar surface area (TPSA) is 154 Å². The fourth-order valence-electron chi connectivity index (χ4n) is 12.2. The van der Waals surface area contributed by atoms with Crippen LogP contribution in [0.25, 0.3) is 10.8 Å². The minimum atomic E-state index is -1.01. The lowest BCUT2D eigenvalue weighted by Gasteiger charge is -2.29. The third-order valence-corrected chi connectivity index (χ3v) is 16.3. The molecule has 0 amide bonds. The average Bonchev–Trinajstić information content (AvgIpc) is 3.84. The molecule has 70 heavy (non-hydrogen) atoms. The Hall–Kier alpha value is -7.15. The molecule has 0 fully saturated rings. The summed E-state index contributed by atoms with van der Waals surface area (Å²) in [5.41, 5.74) is 11.3. The molecule has 4 aromatic carbocycles. The van der Waals surface area contributed by atoms with Crippen molar-refractivity contribution in [3.05, 3.63) is 164 Å². The predicted octanol–water partition coefficient (Wildman–Crippen LogP) is 10.6. The molecule has 12 heteroatoms. The number of nitrogens with zero attached hydrogens (tertiary/aromatic N) is 4. The van der Waals surface area contributed by atoms with E-state index in [1.54, 1.807) is 30.4 Å². The summed E-state index contributed by atoms with van der Waals surface area (Å²) >= 11 is 0. The largest absolute Gasteiger partial charge is 0.506 e. The van der Waals surface area contributed by atoms with E-state index in [9.17, 15) is 29.7 Å². The van der Waals surface area contributed by atoms with E-state index in [2.05, 4.69) is 94.3 Å². The molecule has 2 aliphatic carbocycles. The number of carbonyl (C=O) groups is 3. The zero-order valence-corrected chi connectivity index (χ0v) is 41.9. The summed E-state index contributed by atoms with van der Waals surface area (Å²) in [6.07, 6.45) is 7.24. The lowest BCUT2D eigenvalue weighted by molar-refractivity contribution is -0.401.